The fraction of sp³-hybridized carbons (Fsp3) is 0.400. The van der Waals surface area contributed by atoms with Gasteiger partial charge in [-0.2, -0.15) is 0 Å². The molecule has 0 N–H and O–H groups in total. The first kappa shape index (κ1) is 20.0. The lowest BCUT2D eigenvalue weighted by atomic mass is 9.98. The highest BCUT2D eigenvalue weighted by molar-refractivity contribution is 9.09. The van der Waals surface area contributed by atoms with Gasteiger partial charge < -0.3 is 4.74 Å². The molecule has 0 amide bonds. The van der Waals surface area contributed by atoms with Crippen molar-refractivity contribution >= 4 is 25.8 Å². The number of aryl methyl sites for hydroxylation is 2. The van der Waals surface area contributed by atoms with Crippen molar-refractivity contribution in [3.63, 3.8) is 0 Å². The summed E-state index contributed by atoms with van der Waals surface area (Å²) < 4.78 is 28.2. The number of halogens is 1. The molecule has 1 unspecified atom stereocenters. The number of alkyl halides is 1. The summed E-state index contributed by atoms with van der Waals surface area (Å²) in [5.41, 5.74) is 5.71. The molecule has 0 bridgehead atoms. The summed E-state index contributed by atoms with van der Waals surface area (Å²) in [7, 11) is -2.94. The molecule has 2 aromatic rings. The van der Waals surface area contributed by atoms with E-state index in [0.29, 0.717) is 17.9 Å². The van der Waals surface area contributed by atoms with Crippen LogP contribution < -0.4 is 4.74 Å². The van der Waals surface area contributed by atoms with Gasteiger partial charge in [-0.25, -0.2) is 8.42 Å². The van der Waals surface area contributed by atoms with E-state index in [1.807, 2.05) is 13.8 Å². The van der Waals surface area contributed by atoms with Gasteiger partial charge in [0.15, 0.2) is 0 Å². The van der Waals surface area contributed by atoms with E-state index >= 15 is 0 Å². The highest BCUT2D eigenvalue weighted by Crippen LogP contribution is 2.32. The topological polar surface area (TPSA) is 43.4 Å². The Bertz CT molecular complexity index is 819. The summed E-state index contributed by atoms with van der Waals surface area (Å²) in [6.45, 7) is 6.58. The van der Waals surface area contributed by atoms with Gasteiger partial charge in [0, 0.05) is 11.1 Å². The smallest absolute Gasteiger partial charge is 0.147 e. The van der Waals surface area contributed by atoms with Gasteiger partial charge in [0.1, 0.15) is 15.6 Å². The molecule has 1 atom stereocenters. The van der Waals surface area contributed by atoms with Crippen LogP contribution in [0.4, 0.5) is 0 Å². The molecular weight excluding hydrogens is 400 g/mol. The van der Waals surface area contributed by atoms with Crippen LogP contribution in [0.1, 0.15) is 34.9 Å². The summed E-state index contributed by atoms with van der Waals surface area (Å²) >= 11 is 3.62. The number of hydrogen-bond acceptors (Lipinski definition) is 3. The van der Waals surface area contributed by atoms with Gasteiger partial charge in [0.2, 0.25) is 0 Å². The fourth-order valence-corrected chi connectivity index (χ4v) is 3.73. The summed E-state index contributed by atoms with van der Waals surface area (Å²) in [5.74, 6) is 1.00. The third kappa shape index (κ3) is 5.86. The molecule has 0 saturated carbocycles. The number of ether oxygens (including phenoxy) is 1. The Labute approximate surface area is 159 Å². The lowest BCUT2D eigenvalue weighted by Crippen LogP contribution is -2.09. The first-order valence-corrected chi connectivity index (χ1v) is 11.3. The van der Waals surface area contributed by atoms with Crippen LogP contribution >= 0.6 is 15.9 Å². The molecule has 25 heavy (non-hydrogen) atoms. The van der Waals surface area contributed by atoms with Crippen LogP contribution in [0.25, 0.3) is 11.1 Å². The van der Waals surface area contributed by atoms with E-state index in [1.165, 1.54) is 17.4 Å². The molecular formula is C20H25BrO3S. The Balaban J connectivity index is 2.18. The molecule has 2 rings (SSSR count). The first-order valence-electron chi connectivity index (χ1n) is 8.33. The van der Waals surface area contributed by atoms with Crippen LogP contribution in [0.15, 0.2) is 36.4 Å². The number of benzene rings is 2. The average Bonchev–Trinajstić information content (AvgIpc) is 2.52. The monoisotopic (exact) mass is 424 g/mol. The average molecular weight is 425 g/mol. The summed E-state index contributed by atoms with van der Waals surface area (Å²) in [5, 5.41) is 0. The second-order valence-corrected chi connectivity index (χ2v) is 10.1. The molecule has 0 spiro atoms. The van der Waals surface area contributed by atoms with Crippen molar-refractivity contribution in [2.45, 2.75) is 32.0 Å². The number of hydrogen-bond donors (Lipinski definition) is 0. The molecule has 5 heteroatoms. The lowest BCUT2D eigenvalue weighted by Gasteiger charge is -2.15. The van der Waals surface area contributed by atoms with E-state index in [4.69, 9.17) is 4.74 Å². The largest absolute Gasteiger partial charge is 0.493 e. The molecule has 136 valence electrons. The van der Waals surface area contributed by atoms with Gasteiger partial charge in [0.05, 0.1) is 12.4 Å². The van der Waals surface area contributed by atoms with Gasteiger partial charge in [-0.1, -0.05) is 40.2 Å². The van der Waals surface area contributed by atoms with Crippen LogP contribution in [-0.4, -0.2) is 27.0 Å². The van der Waals surface area contributed by atoms with Crippen LogP contribution in [-0.2, 0) is 9.84 Å². The van der Waals surface area contributed by atoms with E-state index in [0.717, 1.165) is 22.4 Å². The minimum absolute atomic E-state index is 0.153. The quantitative estimate of drug-likeness (QED) is 0.450. The fourth-order valence-electron chi connectivity index (χ4n) is 2.81. The van der Waals surface area contributed by atoms with Gasteiger partial charge in [-0.15, -0.1) is 0 Å². The van der Waals surface area contributed by atoms with Gasteiger partial charge >= 0.3 is 0 Å². The van der Waals surface area contributed by atoms with E-state index in [-0.39, 0.29) is 5.75 Å². The van der Waals surface area contributed by atoms with Crippen LogP contribution in [0.2, 0.25) is 0 Å². The Morgan fingerprint density at radius 3 is 2.28 bits per heavy atom. The minimum Gasteiger partial charge on any atom is -0.493 e. The lowest BCUT2D eigenvalue weighted by molar-refractivity contribution is 0.313. The van der Waals surface area contributed by atoms with Crippen molar-refractivity contribution in [1.82, 2.24) is 0 Å². The maximum absolute atomic E-state index is 11.2. The maximum atomic E-state index is 11.2. The second kappa shape index (κ2) is 8.37. The van der Waals surface area contributed by atoms with Crippen LogP contribution in [0.5, 0.6) is 5.75 Å². The molecule has 0 aromatic heterocycles. The highest BCUT2D eigenvalue weighted by Gasteiger charge is 2.10. The van der Waals surface area contributed by atoms with Crippen molar-refractivity contribution in [2.24, 2.45) is 0 Å². The third-order valence-corrected chi connectivity index (χ3v) is 5.60. The minimum atomic E-state index is -2.94. The molecule has 0 aliphatic heterocycles. The van der Waals surface area contributed by atoms with Crippen molar-refractivity contribution in [3.05, 3.63) is 53.1 Å². The van der Waals surface area contributed by atoms with E-state index < -0.39 is 9.84 Å². The van der Waals surface area contributed by atoms with Gasteiger partial charge in [0.25, 0.3) is 0 Å². The molecule has 0 aliphatic carbocycles. The van der Waals surface area contributed by atoms with Crippen molar-refractivity contribution in [3.8, 4) is 16.9 Å². The maximum Gasteiger partial charge on any atom is 0.147 e. The van der Waals surface area contributed by atoms with Crippen molar-refractivity contribution in [2.75, 3.05) is 18.6 Å². The van der Waals surface area contributed by atoms with Gasteiger partial charge in [-0.05, 0) is 67.1 Å². The predicted molar refractivity (Wildman–Crippen MR) is 109 cm³/mol. The zero-order chi connectivity index (χ0) is 18.6. The number of rotatable bonds is 7. The van der Waals surface area contributed by atoms with Crippen molar-refractivity contribution < 1.29 is 13.2 Å². The van der Waals surface area contributed by atoms with E-state index in [9.17, 15) is 8.42 Å². The Morgan fingerprint density at radius 2 is 1.72 bits per heavy atom. The standard InChI is InChI=1S/C20H25BrO3S/c1-14-11-19(18-8-5-7-17(13-18)16(3)21)12-15(2)20(14)24-9-6-10-25(4,22)23/h5,7-8,11-13,16H,6,9-10H2,1-4H3. The normalized spacial score (nSPS) is 12.8. The third-order valence-electron chi connectivity index (χ3n) is 4.05. The molecule has 0 fully saturated rings. The second-order valence-electron chi connectivity index (χ2n) is 6.51. The molecule has 2 aromatic carbocycles. The summed E-state index contributed by atoms with van der Waals surface area (Å²) in [4.78, 5) is 0.312. The first-order chi connectivity index (χ1) is 11.7. The van der Waals surface area contributed by atoms with E-state index in [2.05, 4.69) is 59.3 Å². The van der Waals surface area contributed by atoms with Crippen LogP contribution in [0, 0.1) is 13.8 Å². The molecule has 0 aliphatic rings. The molecule has 0 heterocycles. The molecule has 3 nitrogen and oxygen atoms in total. The zero-order valence-electron chi connectivity index (χ0n) is 15.2. The van der Waals surface area contributed by atoms with Crippen LogP contribution in [0.3, 0.4) is 0 Å². The SMILES string of the molecule is Cc1cc(-c2cccc(C(C)Br)c2)cc(C)c1OCCCS(C)(=O)=O. The molecule has 0 radical (unpaired) electrons. The highest BCUT2D eigenvalue weighted by atomic mass is 79.9. The Kier molecular flexibility index (Phi) is 6.69. The van der Waals surface area contributed by atoms with E-state index in [1.54, 1.807) is 0 Å². The summed E-state index contributed by atoms with van der Waals surface area (Å²) in [6, 6.07) is 12.7. The Hall–Kier alpha value is -1.33. The zero-order valence-corrected chi connectivity index (χ0v) is 17.6. The van der Waals surface area contributed by atoms with Gasteiger partial charge in [-0.3, -0.25) is 0 Å². The predicted octanol–water partition coefficient (Wildman–Crippen LogP) is 5.24. The Morgan fingerprint density at radius 1 is 1.08 bits per heavy atom. The van der Waals surface area contributed by atoms with Crippen molar-refractivity contribution in [1.29, 1.82) is 0 Å². The number of sulfone groups is 1. The molecule has 0 saturated heterocycles. The summed E-state index contributed by atoms with van der Waals surface area (Å²) in [6.07, 6.45) is 1.75.